The van der Waals surface area contributed by atoms with Crippen LogP contribution < -0.4 is 5.11 Å². The van der Waals surface area contributed by atoms with Gasteiger partial charge in [-0.1, -0.05) is 46.3 Å². The van der Waals surface area contributed by atoms with Crippen molar-refractivity contribution in [3.8, 4) is 0 Å². The van der Waals surface area contributed by atoms with E-state index in [1.54, 1.807) is 30.3 Å². The van der Waals surface area contributed by atoms with E-state index in [9.17, 15) is 10.2 Å². The molecule has 0 aliphatic carbocycles. The molecular weight excluding hydrogens is 208 g/mol. The molecule has 1 unspecified atom stereocenters. The van der Waals surface area contributed by atoms with Crippen molar-refractivity contribution in [2.45, 2.75) is 5.79 Å². The van der Waals surface area contributed by atoms with Gasteiger partial charge in [0.05, 0.1) is 0 Å². The molecule has 60 valence electrons. The molecule has 1 aromatic rings. The molecule has 0 aromatic heterocycles. The molecule has 1 aromatic carbocycles. The molecule has 0 aliphatic heterocycles. The fourth-order valence-electron chi connectivity index (χ4n) is 0.776. The van der Waals surface area contributed by atoms with Crippen LogP contribution in [-0.2, 0) is 5.79 Å². The Hall–Kier alpha value is -0.380. The highest BCUT2D eigenvalue weighted by Crippen LogP contribution is 2.15. The minimum Gasteiger partial charge on any atom is -0.824 e. The monoisotopic (exact) mass is 215 g/mol. The lowest BCUT2D eigenvalue weighted by atomic mass is 10.1. The minimum atomic E-state index is -2.00. The van der Waals surface area contributed by atoms with E-state index >= 15 is 0 Å². The molecule has 1 atom stereocenters. The first-order valence-corrected chi connectivity index (χ1v) is 4.33. The van der Waals surface area contributed by atoms with Crippen LogP contribution in [0.15, 0.2) is 30.3 Å². The summed E-state index contributed by atoms with van der Waals surface area (Å²) in [4.78, 5) is 0. The van der Waals surface area contributed by atoms with E-state index in [4.69, 9.17) is 0 Å². The summed E-state index contributed by atoms with van der Waals surface area (Å²) < 4.78 is 0. The van der Waals surface area contributed by atoms with E-state index < -0.39 is 5.79 Å². The van der Waals surface area contributed by atoms with Gasteiger partial charge in [0.2, 0.25) is 0 Å². The van der Waals surface area contributed by atoms with Crippen molar-refractivity contribution in [1.29, 1.82) is 0 Å². The summed E-state index contributed by atoms with van der Waals surface area (Å²) in [6.07, 6.45) is 0. The summed E-state index contributed by atoms with van der Waals surface area (Å²) in [5.74, 6) is -2.00. The van der Waals surface area contributed by atoms with Crippen molar-refractivity contribution in [3.63, 3.8) is 0 Å². The van der Waals surface area contributed by atoms with Crippen molar-refractivity contribution < 1.29 is 10.2 Å². The zero-order valence-electron chi connectivity index (χ0n) is 5.83. The second kappa shape index (κ2) is 3.34. The number of rotatable bonds is 2. The lowest BCUT2D eigenvalue weighted by Crippen LogP contribution is -2.41. The fourth-order valence-corrected chi connectivity index (χ4v) is 1.10. The Morgan fingerprint density at radius 1 is 1.36 bits per heavy atom. The van der Waals surface area contributed by atoms with Gasteiger partial charge in [-0.05, 0) is 5.56 Å². The van der Waals surface area contributed by atoms with Gasteiger partial charge >= 0.3 is 0 Å². The first-order valence-electron chi connectivity index (χ1n) is 3.21. The maximum atomic E-state index is 11.2. The Bertz CT molecular complexity index is 221. The minimum absolute atomic E-state index is 0.00398. The number of halogens is 1. The number of aliphatic hydroxyl groups is 1. The lowest BCUT2D eigenvalue weighted by Gasteiger charge is -2.32. The molecule has 0 amide bonds. The maximum absolute atomic E-state index is 11.2. The van der Waals surface area contributed by atoms with Crippen LogP contribution in [0.2, 0.25) is 0 Å². The highest BCUT2D eigenvalue weighted by atomic mass is 79.9. The average Bonchev–Trinajstić information content (AvgIpc) is 2.06. The summed E-state index contributed by atoms with van der Waals surface area (Å²) in [6.45, 7) is 0. The first kappa shape index (κ1) is 8.71. The second-order valence-electron chi connectivity index (χ2n) is 2.28. The molecule has 0 aliphatic rings. The van der Waals surface area contributed by atoms with Crippen molar-refractivity contribution >= 4 is 15.9 Å². The molecule has 0 heterocycles. The standard InChI is InChI=1S/C8H8BrO2/c9-6-8(10,11)7-4-2-1-3-5-7/h1-5,10H,6H2/q-1. The number of alkyl halides is 1. The predicted octanol–water partition coefficient (Wildman–Crippen LogP) is 0.587. The highest BCUT2D eigenvalue weighted by molar-refractivity contribution is 9.09. The maximum Gasteiger partial charge on any atom is 0.0260 e. The van der Waals surface area contributed by atoms with Crippen LogP contribution in [0.5, 0.6) is 0 Å². The molecule has 3 heteroatoms. The van der Waals surface area contributed by atoms with Gasteiger partial charge < -0.3 is 10.2 Å². The topological polar surface area (TPSA) is 43.3 Å². The van der Waals surface area contributed by atoms with Crippen LogP contribution in [0.4, 0.5) is 0 Å². The van der Waals surface area contributed by atoms with Crippen LogP contribution in [0.3, 0.4) is 0 Å². The Morgan fingerprint density at radius 2 is 1.91 bits per heavy atom. The molecule has 0 bridgehead atoms. The molecule has 0 fully saturated rings. The molecule has 0 spiro atoms. The number of hydrogen-bond donors (Lipinski definition) is 1. The quantitative estimate of drug-likeness (QED) is 0.580. The van der Waals surface area contributed by atoms with Crippen LogP contribution in [0.25, 0.3) is 0 Å². The van der Waals surface area contributed by atoms with E-state index in [0.29, 0.717) is 5.56 Å². The van der Waals surface area contributed by atoms with Gasteiger partial charge in [0.15, 0.2) is 0 Å². The predicted molar refractivity (Wildman–Crippen MR) is 44.1 cm³/mol. The van der Waals surface area contributed by atoms with Crippen molar-refractivity contribution in [2.24, 2.45) is 0 Å². The van der Waals surface area contributed by atoms with Gasteiger partial charge in [-0.15, -0.1) is 0 Å². The molecule has 2 nitrogen and oxygen atoms in total. The largest absolute Gasteiger partial charge is 0.824 e. The van der Waals surface area contributed by atoms with Gasteiger partial charge in [0.25, 0.3) is 0 Å². The fraction of sp³-hybridized carbons (Fsp3) is 0.250. The van der Waals surface area contributed by atoms with Crippen LogP contribution in [0, 0.1) is 0 Å². The molecule has 11 heavy (non-hydrogen) atoms. The van der Waals surface area contributed by atoms with E-state index in [2.05, 4.69) is 15.9 Å². The first-order chi connectivity index (χ1) is 5.17. The van der Waals surface area contributed by atoms with E-state index in [1.165, 1.54) is 0 Å². The Labute approximate surface area is 73.6 Å². The lowest BCUT2D eigenvalue weighted by molar-refractivity contribution is -0.550. The number of benzene rings is 1. The van der Waals surface area contributed by atoms with Gasteiger partial charge in [-0.2, -0.15) is 0 Å². The van der Waals surface area contributed by atoms with Crippen molar-refractivity contribution in [1.82, 2.24) is 0 Å². The highest BCUT2D eigenvalue weighted by Gasteiger charge is 2.11. The van der Waals surface area contributed by atoms with Crippen molar-refractivity contribution in [3.05, 3.63) is 35.9 Å². The smallest absolute Gasteiger partial charge is 0.0260 e. The van der Waals surface area contributed by atoms with Gasteiger partial charge in [0, 0.05) is 11.1 Å². The summed E-state index contributed by atoms with van der Waals surface area (Å²) in [5, 5.41) is 20.4. The molecular formula is C8H8BrO2-. The third kappa shape index (κ3) is 2.02. The third-order valence-electron chi connectivity index (χ3n) is 1.41. The van der Waals surface area contributed by atoms with Gasteiger partial charge in [-0.3, -0.25) is 0 Å². The molecule has 0 saturated heterocycles. The molecule has 0 saturated carbocycles. The van der Waals surface area contributed by atoms with Gasteiger partial charge in [-0.25, -0.2) is 0 Å². The zero-order chi connectivity index (χ0) is 8.32. The summed E-state index contributed by atoms with van der Waals surface area (Å²) in [5.41, 5.74) is 0.386. The third-order valence-corrected chi connectivity index (χ3v) is 2.17. The normalized spacial score (nSPS) is 15.9. The summed E-state index contributed by atoms with van der Waals surface area (Å²) >= 11 is 2.95. The van der Waals surface area contributed by atoms with E-state index in [-0.39, 0.29) is 5.33 Å². The molecule has 0 radical (unpaired) electrons. The molecule has 1 rings (SSSR count). The Morgan fingerprint density at radius 3 is 2.36 bits per heavy atom. The SMILES string of the molecule is [O-]C(O)(CBr)c1ccccc1. The summed E-state index contributed by atoms with van der Waals surface area (Å²) in [6, 6.07) is 8.46. The zero-order valence-corrected chi connectivity index (χ0v) is 7.41. The van der Waals surface area contributed by atoms with Crippen molar-refractivity contribution in [2.75, 3.05) is 5.33 Å². The van der Waals surface area contributed by atoms with Crippen LogP contribution in [-0.4, -0.2) is 10.4 Å². The van der Waals surface area contributed by atoms with E-state index in [0.717, 1.165) is 0 Å². The Balaban J connectivity index is 2.93. The van der Waals surface area contributed by atoms with Crippen LogP contribution in [0.1, 0.15) is 5.56 Å². The van der Waals surface area contributed by atoms with Gasteiger partial charge in [0.1, 0.15) is 0 Å². The van der Waals surface area contributed by atoms with E-state index in [1.807, 2.05) is 0 Å². The average molecular weight is 216 g/mol. The van der Waals surface area contributed by atoms with Crippen LogP contribution >= 0.6 is 15.9 Å². The second-order valence-corrected chi connectivity index (χ2v) is 2.84. The summed E-state index contributed by atoms with van der Waals surface area (Å²) in [7, 11) is 0. The number of hydrogen-bond acceptors (Lipinski definition) is 2. The molecule has 1 N–H and O–H groups in total. The Kier molecular flexibility index (Phi) is 2.65.